The predicted octanol–water partition coefficient (Wildman–Crippen LogP) is 5.26. The molecule has 0 aliphatic heterocycles. The standard InChI is InChI=1S/C12H9BrIN3O2S/c1-2-19-12(18)11-6-3-8(14)7(13)4-9(6)20-10(11)5-16-17-15/h3-4H,2,5H2,1H3. The highest BCUT2D eigenvalue weighted by molar-refractivity contribution is 14.1. The molecule has 2 aromatic rings. The van der Waals surface area contributed by atoms with Gasteiger partial charge in [0.15, 0.2) is 0 Å². The number of hydrogen-bond acceptors (Lipinski definition) is 4. The topological polar surface area (TPSA) is 75.1 Å². The second-order valence-corrected chi connectivity index (χ2v) is 6.93. The van der Waals surface area contributed by atoms with Crippen molar-refractivity contribution < 1.29 is 9.53 Å². The molecule has 0 N–H and O–H groups in total. The maximum absolute atomic E-state index is 12.1. The molecule has 0 saturated carbocycles. The van der Waals surface area contributed by atoms with Crippen molar-refractivity contribution in [2.24, 2.45) is 5.11 Å². The van der Waals surface area contributed by atoms with Gasteiger partial charge in [0.1, 0.15) is 0 Å². The average Bonchev–Trinajstić information content (AvgIpc) is 2.74. The van der Waals surface area contributed by atoms with E-state index in [4.69, 9.17) is 10.3 Å². The fraction of sp³-hybridized carbons (Fsp3) is 0.250. The van der Waals surface area contributed by atoms with Crippen LogP contribution < -0.4 is 0 Å². The summed E-state index contributed by atoms with van der Waals surface area (Å²) < 4.78 is 8.04. The van der Waals surface area contributed by atoms with Crippen molar-refractivity contribution in [2.45, 2.75) is 13.5 Å². The fourth-order valence-corrected chi connectivity index (χ4v) is 3.87. The van der Waals surface area contributed by atoms with Crippen molar-refractivity contribution in [3.8, 4) is 0 Å². The number of nitrogens with zero attached hydrogens (tertiary/aromatic N) is 3. The molecule has 0 fully saturated rings. The van der Waals surface area contributed by atoms with Gasteiger partial charge in [-0.15, -0.1) is 11.3 Å². The zero-order valence-electron chi connectivity index (χ0n) is 10.4. The minimum absolute atomic E-state index is 0.151. The van der Waals surface area contributed by atoms with Gasteiger partial charge < -0.3 is 4.74 Å². The Labute approximate surface area is 141 Å². The molecule has 0 aliphatic carbocycles. The number of carbonyl (C=O) groups excluding carboxylic acids is 1. The van der Waals surface area contributed by atoms with Crippen molar-refractivity contribution in [1.29, 1.82) is 0 Å². The number of halogens is 2. The first-order valence-electron chi connectivity index (χ1n) is 5.66. The predicted molar refractivity (Wildman–Crippen MR) is 91.0 cm³/mol. The number of hydrogen-bond donors (Lipinski definition) is 0. The molecule has 20 heavy (non-hydrogen) atoms. The Kier molecular flexibility index (Phi) is 5.25. The van der Waals surface area contributed by atoms with Crippen molar-refractivity contribution in [1.82, 2.24) is 0 Å². The summed E-state index contributed by atoms with van der Waals surface area (Å²) in [5.41, 5.74) is 8.97. The summed E-state index contributed by atoms with van der Waals surface area (Å²) in [5.74, 6) is -0.375. The van der Waals surface area contributed by atoms with Crippen LogP contribution in [0.3, 0.4) is 0 Å². The molecule has 0 saturated heterocycles. The fourth-order valence-electron chi connectivity index (χ4n) is 1.78. The van der Waals surface area contributed by atoms with Gasteiger partial charge in [0.2, 0.25) is 0 Å². The highest BCUT2D eigenvalue weighted by Gasteiger charge is 2.20. The van der Waals surface area contributed by atoms with Gasteiger partial charge in [-0.05, 0) is 63.1 Å². The minimum atomic E-state index is -0.375. The van der Waals surface area contributed by atoms with Crippen molar-refractivity contribution in [3.05, 3.63) is 41.1 Å². The Morgan fingerprint density at radius 2 is 2.35 bits per heavy atom. The quantitative estimate of drug-likeness (QED) is 0.203. The summed E-state index contributed by atoms with van der Waals surface area (Å²) in [6.45, 7) is 2.23. The highest BCUT2D eigenvalue weighted by atomic mass is 127. The van der Waals surface area contributed by atoms with E-state index in [0.717, 1.165) is 23.0 Å². The van der Waals surface area contributed by atoms with Gasteiger partial charge in [-0.3, -0.25) is 0 Å². The molecule has 104 valence electrons. The molecule has 0 radical (unpaired) electrons. The summed E-state index contributed by atoms with van der Waals surface area (Å²) in [4.78, 5) is 15.6. The van der Waals surface area contributed by atoms with Crippen LogP contribution in [0.25, 0.3) is 20.5 Å². The molecular formula is C12H9BrIN3O2S. The summed E-state index contributed by atoms with van der Waals surface area (Å²) in [5, 5.41) is 4.39. The molecule has 1 heterocycles. The van der Waals surface area contributed by atoms with Gasteiger partial charge in [0.05, 0.1) is 18.7 Å². The molecule has 1 aromatic heterocycles. The third-order valence-corrected chi connectivity index (χ3v) is 5.99. The number of rotatable bonds is 4. The van der Waals surface area contributed by atoms with Gasteiger partial charge in [-0.25, -0.2) is 4.79 Å². The van der Waals surface area contributed by atoms with Crippen LogP contribution in [0.2, 0.25) is 0 Å². The van der Waals surface area contributed by atoms with Crippen LogP contribution in [0, 0.1) is 3.57 Å². The Morgan fingerprint density at radius 3 is 3.00 bits per heavy atom. The number of fused-ring (bicyclic) bond motifs is 1. The summed E-state index contributed by atoms with van der Waals surface area (Å²) >= 11 is 7.11. The van der Waals surface area contributed by atoms with Gasteiger partial charge >= 0.3 is 5.97 Å². The number of ether oxygens (including phenoxy) is 1. The molecule has 0 bridgehead atoms. The second kappa shape index (κ2) is 6.75. The van der Waals surface area contributed by atoms with E-state index < -0.39 is 0 Å². The molecule has 0 unspecified atom stereocenters. The Morgan fingerprint density at radius 1 is 1.60 bits per heavy atom. The first-order valence-corrected chi connectivity index (χ1v) is 8.35. The number of azide groups is 1. The summed E-state index contributed by atoms with van der Waals surface area (Å²) in [7, 11) is 0. The number of carbonyl (C=O) groups is 1. The smallest absolute Gasteiger partial charge is 0.339 e. The van der Waals surface area contributed by atoms with E-state index in [1.54, 1.807) is 6.92 Å². The van der Waals surface area contributed by atoms with E-state index >= 15 is 0 Å². The van der Waals surface area contributed by atoms with E-state index in [-0.39, 0.29) is 12.5 Å². The Bertz CT molecular complexity index is 725. The monoisotopic (exact) mass is 465 g/mol. The lowest BCUT2D eigenvalue weighted by molar-refractivity contribution is 0.0528. The zero-order valence-corrected chi connectivity index (χ0v) is 15.0. The van der Waals surface area contributed by atoms with Crippen LogP contribution in [0.15, 0.2) is 21.7 Å². The molecule has 0 spiro atoms. The van der Waals surface area contributed by atoms with E-state index in [2.05, 4.69) is 48.5 Å². The van der Waals surface area contributed by atoms with Gasteiger partial charge in [-0.1, -0.05) is 5.11 Å². The van der Waals surface area contributed by atoms with Crippen molar-refractivity contribution in [2.75, 3.05) is 6.61 Å². The largest absolute Gasteiger partial charge is 0.462 e. The SMILES string of the molecule is CCOC(=O)c1c(CN=[N+]=[N-])sc2cc(Br)c(I)cc12. The van der Waals surface area contributed by atoms with Crippen molar-refractivity contribution in [3.63, 3.8) is 0 Å². The van der Waals surface area contributed by atoms with E-state index in [1.807, 2.05) is 12.1 Å². The van der Waals surface area contributed by atoms with Gasteiger partial charge in [-0.2, -0.15) is 0 Å². The molecule has 5 nitrogen and oxygen atoms in total. The van der Waals surface area contributed by atoms with Gasteiger partial charge in [0.25, 0.3) is 0 Å². The number of thiophene rings is 1. The van der Waals surface area contributed by atoms with Crippen LogP contribution in [0.1, 0.15) is 22.2 Å². The maximum atomic E-state index is 12.1. The Hall–Kier alpha value is -0.830. The van der Waals surface area contributed by atoms with Crippen molar-refractivity contribution >= 4 is 65.9 Å². The first-order chi connectivity index (χ1) is 9.58. The van der Waals surface area contributed by atoms with E-state index in [9.17, 15) is 4.79 Å². The normalized spacial score (nSPS) is 10.3. The molecule has 0 amide bonds. The van der Waals surface area contributed by atoms with Crippen LogP contribution in [-0.2, 0) is 11.3 Å². The second-order valence-electron chi connectivity index (χ2n) is 3.77. The third kappa shape index (κ3) is 3.08. The van der Waals surface area contributed by atoms with E-state index in [0.29, 0.717) is 12.2 Å². The molecular weight excluding hydrogens is 457 g/mol. The number of benzene rings is 1. The lowest BCUT2D eigenvalue weighted by Gasteiger charge is -2.03. The lowest BCUT2D eigenvalue weighted by Crippen LogP contribution is -2.06. The maximum Gasteiger partial charge on any atom is 0.339 e. The zero-order chi connectivity index (χ0) is 14.7. The van der Waals surface area contributed by atoms with E-state index in [1.165, 1.54) is 11.3 Å². The minimum Gasteiger partial charge on any atom is -0.462 e. The highest BCUT2D eigenvalue weighted by Crippen LogP contribution is 2.36. The van der Waals surface area contributed by atoms with Crippen LogP contribution in [-0.4, -0.2) is 12.6 Å². The molecule has 0 aliphatic rings. The first kappa shape index (κ1) is 15.6. The molecule has 1 aromatic carbocycles. The summed E-state index contributed by atoms with van der Waals surface area (Å²) in [6, 6.07) is 3.90. The van der Waals surface area contributed by atoms with Gasteiger partial charge in [0, 0.05) is 27.9 Å². The average molecular weight is 466 g/mol. The summed E-state index contributed by atoms with van der Waals surface area (Å²) in [6.07, 6.45) is 0. The molecule has 2 rings (SSSR count). The van der Waals surface area contributed by atoms with Crippen LogP contribution in [0.5, 0.6) is 0 Å². The van der Waals surface area contributed by atoms with Crippen LogP contribution in [0.4, 0.5) is 0 Å². The molecule has 8 heteroatoms. The van der Waals surface area contributed by atoms with Crippen LogP contribution >= 0.6 is 49.9 Å². The number of esters is 1. The molecule has 0 atom stereocenters. The lowest BCUT2D eigenvalue weighted by atomic mass is 10.1. The Balaban J connectivity index is 2.67. The third-order valence-electron chi connectivity index (χ3n) is 2.56.